The summed E-state index contributed by atoms with van der Waals surface area (Å²) in [6.07, 6.45) is 6.80. The lowest BCUT2D eigenvalue weighted by molar-refractivity contribution is -0.140. The van der Waals surface area contributed by atoms with Gasteiger partial charge in [-0.05, 0) is 43.7 Å². The molecule has 1 aromatic carbocycles. The molecule has 1 aromatic heterocycles. The van der Waals surface area contributed by atoms with Gasteiger partial charge in [0.1, 0.15) is 0 Å². The van der Waals surface area contributed by atoms with Gasteiger partial charge in [-0.3, -0.25) is 9.59 Å². The van der Waals surface area contributed by atoms with E-state index in [1.165, 1.54) is 5.56 Å². The fraction of sp³-hybridized carbons (Fsp3) is 0.348. The number of imide groups is 1. The number of hydrogen-bond donors (Lipinski definition) is 0. The number of carbonyl (C=O) groups is 2. The van der Waals surface area contributed by atoms with Crippen molar-refractivity contribution >= 4 is 18.0 Å². The van der Waals surface area contributed by atoms with Crippen molar-refractivity contribution < 1.29 is 9.59 Å². The molecule has 2 aliphatic carbocycles. The van der Waals surface area contributed by atoms with E-state index < -0.39 is 0 Å². The van der Waals surface area contributed by atoms with Crippen molar-refractivity contribution in [3.63, 3.8) is 0 Å². The maximum atomic E-state index is 12.8. The van der Waals surface area contributed by atoms with Gasteiger partial charge < -0.3 is 4.57 Å². The molecule has 142 valence electrons. The summed E-state index contributed by atoms with van der Waals surface area (Å²) < 4.78 is 2.23. The van der Waals surface area contributed by atoms with Crippen molar-refractivity contribution in [2.75, 3.05) is 0 Å². The van der Waals surface area contributed by atoms with Gasteiger partial charge in [-0.1, -0.05) is 42.5 Å². The number of hydrogen-bond acceptors (Lipinski definition) is 3. The molecule has 1 saturated carbocycles. The first-order valence-electron chi connectivity index (χ1n) is 9.85. The van der Waals surface area contributed by atoms with Gasteiger partial charge in [0.15, 0.2) is 0 Å². The minimum atomic E-state index is -0.204. The van der Waals surface area contributed by atoms with Crippen molar-refractivity contribution in [1.82, 2.24) is 9.58 Å². The van der Waals surface area contributed by atoms with Crippen LogP contribution < -0.4 is 0 Å². The minimum absolute atomic E-state index is 0.138. The van der Waals surface area contributed by atoms with E-state index >= 15 is 0 Å². The zero-order valence-corrected chi connectivity index (χ0v) is 16.1. The van der Waals surface area contributed by atoms with Crippen molar-refractivity contribution in [2.24, 2.45) is 28.8 Å². The molecule has 0 N–H and O–H groups in total. The summed E-state index contributed by atoms with van der Waals surface area (Å²) in [6, 6.07) is 12.4. The molecule has 4 atom stereocenters. The van der Waals surface area contributed by atoms with Gasteiger partial charge in [0.2, 0.25) is 0 Å². The molecule has 0 unspecified atom stereocenters. The molecule has 5 rings (SSSR count). The summed E-state index contributed by atoms with van der Waals surface area (Å²) in [5.41, 5.74) is 4.37. The predicted octanol–water partition coefficient (Wildman–Crippen LogP) is 3.29. The lowest BCUT2D eigenvalue weighted by Crippen LogP contribution is -2.28. The topological polar surface area (TPSA) is 54.7 Å². The van der Waals surface area contributed by atoms with Crippen LogP contribution >= 0.6 is 0 Å². The van der Waals surface area contributed by atoms with E-state index in [1.807, 2.05) is 25.1 Å². The van der Waals surface area contributed by atoms with Crippen LogP contribution in [-0.2, 0) is 16.1 Å². The summed E-state index contributed by atoms with van der Waals surface area (Å²) in [5.74, 6) is -0.261. The van der Waals surface area contributed by atoms with Gasteiger partial charge in [0.25, 0.3) is 11.8 Å². The molecule has 28 heavy (non-hydrogen) atoms. The van der Waals surface area contributed by atoms with Crippen LogP contribution in [0.1, 0.15) is 28.9 Å². The monoisotopic (exact) mass is 373 g/mol. The highest BCUT2D eigenvalue weighted by Gasteiger charge is 2.59. The molecule has 2 aromatic rings. The molecule has 1 aliphatic heterocycles. The average Bonchev–Trinajstić information content (AvgIpc) is 3.43. The number of aryl methyl sites for hydroxylation is 1. The number of rotatable bonds is 4. The standard InChI is InChI=1S/C23H23N3O2/c1-14-10-19(15(2)25(14)13-16-6-4-3-5-7-16)12-24-26-22(27)20-17-8-9-18(11-17)21(20)23(26)28/h3-10,12,17-18,20-21H,11,13H2,1-2H3/t17-,18-,20-,21+/m0/s1. The average molecular weight is 373 g/mol. The normalized spacial score (nSPS) is 28.1. The number of aromatic nitrogens is 1. The van der Waals surface area contributed by atoms with Crippen LogP contribution in [0.15, 0.2) is 53.7 Å². The number of carbonyl (C=O) groups excluding carboxylic acids is 2. The summed E-state index contributed by atoms with van der Waals surface area (Å²) >= 11 is 0. The lowest BCUT2D eigenvalue weighted by Gasteiger charge is -2.13. The van der Waals surface area contributed by atoms with Crippen molar-refractivity contribution in [1.29, 1.82) is 0 Å². The third-order valence-electron chi connectivity index (χ3n) is 6.56. The Labute approximate surface area is 164 Å². The van der Waals surface area contributed by atoms with Crippen LogP contribution in [0.4, 0.5) is 0 Å². The van der Waals surface area contributed by atoms with Gasteiger partial charge in [-0.25, -0.2) is 0 Å². The third-order valence-corrected chi connectivity index (χ3v) is 6.56. The number of allylic oxidation sites excluding steroid dienone is 2. The van der Waals surface area contributed by atoms with E-state index in [-0.39, 0.29) is 35.5 Å². The van der Waals surface area contributed by atoms with Crippen molar-refractivity contribution in [2.45, 2.75) is 26.8 Å². The second kappa shape index (κ2) is 6.30. The van der Waals surface area contributed by atoms with Crippen LogP contribution in [0.25, 0.3) is 0 Å². The van der Waals surface area contributed by atoms with Crippen LogP contribution in [0.2, 0.25) is 0 Å². The molecular weight excluding hydrogens is 350 g/mol. The fourth-order valence-corrected chi connectivity index (χ4v) is 5.09. The minimum Gasteiger partial charge on any atom is -0.344 e. The maximum Gasteiger partial charge on any atom is 0.254 e. The smallest absolute Gasteiger partial charge is 0.254 e. The summed E-state index contributed by atoms with van der Waals surface area (Å²) in [6.45, 7) is 4.89. The zero-order valence-electron chi connectivity index (χ0n) is 16.1. The molecule has 5 nitrogen and oxygen atoms in total. The zero-order chi connectivity index (χ0) is 19.4. The molecule has 1 saturated heterocycles. The van der Waals surface area contributed by atoms with Crippen molar-refractivity contribution in [3.05, 3.63) is 71.1 Å². The molecule has 2 bridgehead atoms. The Morgan fingerprint density at radius 1 is 1.04 bits per heavy atom. The Bertz CT molecular complexity index is 988. The molecule has 0 radical (unpaired) electrons. The van der Waals surface area contributed by atoms with E-state index in [9.17, 15) is 9.59 Å². The summed E-state index contributed by atoms with van der Waals surface area (Å²) in [5, 5.41) is 5.44. The SMILES string of the molecule is Cc1cc(C=NN2C(=O)[C@@H]3[C@H](C2=O)[C@H]2C=C[C@H]3C2)c(C)n1Cc1ccccc1. The van der Waals surface area contributed by atoms with Crippen LogP contribution in [0.3, 0.4) is 0 Å². The second-order valence-electron chi connectivity index (χ2n) is 8.13. The highest BCUT2D eigenvalue weighted by molar-refractivity contribution is 6.06. The number of amides is 2. The first-order chi connectivity index (χ1) is 13.5. The van der Waals surface area contributed by atoms with Gasteiger partial charge in [0, 0.05) is 23.5 Å². The molecule has 0 spiro atoms. The Balaban J connectivity index is 1.38. The largest absolute Gasteiger partial charge is 0.344 e. The summed E-state index contributed by atoms with van der Waals surface area (Å²) in [7, 11) is 0. The van der Waals surface area contributed by atoms with Gasteiger partial charge in [0.05, 0.1) is 18.1 Å². The first-order valence-corrected chi connectivity index (χ1v) is 9.85. The molecule has 3 aliphatic rings. The number of fused-ring (bicyclic) bond motifs is 5. The lowest BCUT2D eigenvalue weighted by atomic mass is 9.85. The van der Waals surface area contributed by atoms with E-state index in [2.05, 4.69) is 46.9 Å². The second-order valence-corrected chi connectivity index (χ2v) is 8.13. The molecule has 5 heteroatoms. The van der Waals surface area contributed by atoms with Crippen LogP contribution in [0.5, 0.6) is 0 Å². The van der Waals surface area contributed by atoms with Crippen molar-refractivity contribution in [3.8, 4) is 0 Å². The fourth-order valence-electron chi connectivity index (χ4n) is 5.09. The number of nitrogens with zero attached hydrogens (tertiary/aromatic N) is 3. The van der Waals surface area contributed by atoms with Gasteiger partial charge in [-0.2, -0.15) is 10.1 Å². The predicted molar refractivity (Wildman–Crippen MR) is 107 cm³/mol. The summed E-state index contributed by atoms with van der Waals surface area (Å²) in [4.78, 5) is 25.5. The highest BCUT2D eigenvalue weighted by atomic mass is 16.2. The van der Waals surface area contributed by atoms with Gasteiger partial charge in [-0.15, -0.1) is 0 Å². The van der Waals surface area contributed by atoms with Crippen LogP contribution in [-0.4, -0.2) is 27.6 Å². The quantitative estimate of drug-likeness (QED) is 0.469. The molecular formula is C23H23N3O2. The van der Waals surface area contributed by atoms with Gasteiger partial charge >= 0.3 is 0 Å². The molecule has 2 heterocycles. The van der Waals surface area contributed by atoms with E-state index in [4.69, 9.17) is 0 Å². The van der Waals surface area contributed by atoms with E-state index in [0.29, 0.717) is 0 Å². The first kappa shape index (κ1) is 17.2. The van der Waals surface area contributed by atoms with E-state index in [0.717, 1.165) is 34.9 Å². The molecule has 2 amide bonds. The third kappa shape index (κ3) is 2.49. The Morgan fingerprint density at radius 3 is 2.32 bits per heavy atom. The maximum absolute atomic E-state index is 12.8. The Hall–Kier alpha value is -2.95. The highest BCUT2D eigenvalue weighted by Crippen LogP contribution is 2.52. The Kier molecular flexibility index (Phi) is 3.86. The van der Waals surface area contributed by atoms with Crippen LogP contribution in [0, 0.1) is 37.5 Å². The van der Waals surface area contributed by atoms with E-state index in [1.54, 1.807) is 6.21 Å². The molecule has 2 fully saturated rings. The Morgan fingerprint density at radius 2 is 1.68 bits per heavy atom. The number of benzene rings is 1. The number of hydrazone groups is 1.